The van der Waals surface area contributed by atoms with E-state index in [4.69, 9.17) is 9.47 Å². The van der Waals surface area contributed by atoms with Gasteiger partial charge in [0.15, 0.2) is 16.6 Å². The van der Waals surface area contributed by atoms with Crippen molar-refractivity contribution in [3.63, 3.8) is 0 Å². The monoisotopic (exact) mass is 450 g/mol. The number of carbonyl (C=O) groups excluding carboxylic acids is 3. The van der Waals surface area contributed by atoms with Gasteiger partial charge in [0, 0.05) is 23.8 Å². The number of piperidine rings is 2. The molecule has 4 atom stereocenters. The lowest BCUT2D eigenvalue weighted by atomic mass is 9.55. The Morgan fingerprint density at radius 3 is 1.73 bits per heavy atom. The predicted molar refractivity (Wildman–Crippen MR) is 109 cm³/mol. The first-order chi connectivity index (χ1) is 14.3. The van der Waals surface area contributed by atoms with Crippen LogP contribution in [-0.2, 0) is 23.9 Å². The lowest BCUT2D eigenvalue weighted by molar-refractivity contribution is -0.202. The zero-order valence-electron chi connectivity index (χ0n) is 17.0. The van der Waals surface area contributed by atoms with E-state index in [1.54, 1.807) is 25.1 Å². The molecule has 4 heterocycles. The minimum atomic E-state index is -1.63. The molecule has 30 heavy (non-hydrogen) atoms. The molecule has 0 spiro atoms. The molecule has 2 aliphatic rings. The third-order valence-electron chi connectivity index (χ3n) is 6.16. The Morgan fingerprint density at radius 1 is 0.967 bits per heavy atom. The molecule has 0 saturated carbocycles. The van der Waals surface area contributed by atoms with E-state index in [9.17, 15) is 14.4 Å². The zero-order chi connectivity index (χ0) is 21.7. The van der Waals surface area contributed by atoms with Gasteiger partial charge in [0.1, 0.15) is 0 Å². The number of thiazole rings is 2. The molecule has 2 bridgehead atoms. The van der Waals surface area contributed by atoms with E-state index in [-0.39, 0.29) is 13.1 Å². The molecule has 9 nitrogen and oxygen atoms in total. The van der Waals surface area contributed by atoms with Crippen molar-refractivity contribution < 1.29 is 23.9 Å². The highest BCUT2D eigenvalue weighted by Crippen LogP contribution is 2.60. The zero-order valence-corrected chi connectivity index (χ0v) is 18.7. The van der Waals surface area contributed by atoms with Gasteiger partial charge in [-0.1, -0.05) is 0 Å². The van der Waals surface area contributed by atoms with Gasteiger partial charge < -0.3 is 14.4 Å². The fourth-order valence-corrected chi connectivity index (χ4v) is 6.40. The highest BCUT2D eigenvalue weighted by atomic mass is 32.1. The van der Waals surface area contributed by atoms with Crippen LogP contribution < -0.4 is 0 Å². The van der Waals surface area contributed by atoms with Crippen LogP contribution in [-0.4, -0.2) is 78.9 Å². The summed E-state index contributed by atoms with van der Waals surface area (Å²) in [6.45, 7) is 0.209. The van der Waals surface area contributed by atoms with Crippen molar-refractivity contribution in [2.45, 2.75) is 12.1 Å². The second-order valence-electron chi connectivity index (χ2n) is 7.72. The van der Waals surface area contributed by atoms with Crippen molar-refractivity contribution in [2.24, 2.45) is 10.8 Å². The van der Waals surface area contributed by atoms with Crippen LogP contribution in [0.3, 0.4) is 0 Å². The number of fused-ring (bicyclic) bond motifs is 2. The minimum absolute atomic E-state index is 0.105. The maximum atomic E-state index is 14.3. The van der Waals surface area contributed by atoms with Crippen LogP contribution in [0.4, 0.5) is 0 Å². The quantitative estimate of drug-likeness (QED) is 0.501. The number of nitrogens with zero attached hydrogens (tertiary/aromatic N) is 4. The standard InChI is InChI=1S/C19H22N4O5S2/c1-22-7-18(16(25)27-3)13(11-5-29-9-20-11)23(2)14(12-6-30-10-21-12)19(8-22,15(18)24)17(26)28-4/h5-6,9-10,13-14H,7-8H2,1-4H3. The molecule has 4 unspecified atom stereocenters. The third-order valence-corrected chi connectivity index (χ3v) is 7.37. The van der Waals surface area contributed by atoms with Crippen molar-refractivity contribution >= 4 is 40.4 Å². The van der Waals surface area contributed by atoms with Crippen LogP contribution in [0.15, 0.2) is 21.8 Å². The number of ketones is 1. The smallest absolute Gasteiger partial charge is 0.322 e. The Hall–Kier alpha value is -2.21. The Kier molecular flexibility index (Phi) is 5.25. The van der Waals surface area contributed by atoms with Crippen molar-refractivity contribution in [1.82, 2.24) is 19.8 Å². The lowest BCUT2D eigenvalue weighted by Crippen LogP contribution is -2.75. The number of aromatic nitrogens is 2. The van der Waals surface area contributed by atoms with Crippen LogP contribution in [0, 0.1) is 10.8 Å². The average Bonchev–Trinajstić information content (AvgIpc) is 3.43. The molecular weight excluding hydrogens is 428 g/mol. The molecule has 0 amide bonds. The van der Waals surface area contributed by atoms with Gasteiger partial charge in [-0.3, -0.25) is 19.3 Å². The molecule has 2 aliphatic heterocycles. The van der Waals surface area contributed by atoms with Crippen LogP contribution in [0.5, 0.6) is 0 Å². The van der Waals surface area contributed by atoms with Gasteiger partial charge in [-0.15, -0.1) is 22.7 Å². The number of ether oxygens (including phenoxy) is 2. The highest BCUT2D eigenvalue weighted by molar-refractivity contribution is 7.07. The van der Waals surface area contributed by atoms with E-state index in [1.165, 1.54) is 36.9 Å². The number of hydrogen-bond donors (Lipinski definition) is 0. The summed E-state index contributed by atoms with van der Waals surface area (Å²) in [5.74, 6) is -1.87. The Labute approximate surface area is 181 Å². The highest BCUT2D eigenvalue weighted by Gasteiger charge is 2.75. The van der Waals surface area contributed by atoms with Crippen molar-refractivity contribution in [1.29, 1.82) is 0 Å². The number of carbonyl (C=O) groups is 3. The molecule has 2 aromatic heterocycles. The lowest BCUT2D eigenvalue weighted by Gasteiger charge is -2.59. The molecular formula is C19H22N4O5S2. The van der Waals surface area contributed by atoms with Crippen molar-refractivity contribution in [3.05, 3.63) is 33.2 Å². The maximum Gasteiger partial charge on any atom is 0.322 e. The molecule has 2 fully saturated rings. The summed E-state index contributed by atoms with van der Waals surface area (Å²) in [4.78, 5) is 53.3. The van der Waals surface area contributed by atoms with Crippen LogP contribution in [0.2, 0.25) is 0 Å². The summed E-state index contributed by atoms with van der Waals surface area (Å²) >= 11 is 2.75. The molecule has 2 aromatic rings. The van der Waals surface area contributed by atoms with Gasteiger partial charge in [-0.2, -0.15) is 0 Å². The number of rotatable bonds is 4. The van der Waals surface area contributed by atoms with E-state index in [2.05, 4.69) is 9.97 Å². The molecule has 11 heteroatoms. The first-order valence-electron chi connectivity index (χ1n) is 9.23. The Morgan fingerprint density at radius 2 is 1.40 bits per heavy atom. The summed E-state index contributed by atoms with van der Waals surface area (Å²) in [6.07, 6.45) is 0. The van der Waals surface area contributed by atoms with Crippen LogP contribution >= 0.6 is 22.7 Å². The predicted octanol–water partition coefficient (Wildman–Crippen LogP) is 1.16. The van der Waals surface area contributed by atoms with Gasteiger partial charge >= 0.3 is 11.9 Å². The van der Waals surface area contributed by atoms with Gasteiger partial charge in [0.25, 0.3) is 0 Å². The number of likely N-dealkylation sites (tertiary alicyclic amines) is 2. The summed E-state index contributed by atoms with van der Waals surface area (Å²) in [5, 5.41) is 3.63. The number of hydrogen-bond acceptors (Lipinski definition) is 11. The molecule has 2 saturated heterocycles. The largest absolute Gasteiger partial charge is 0.468 e. The van der Waals surface area contributed by atoms with Gasteiger partial charge in [0.05, 0.1) is 48.7 Å². The molecule has 0 aliphatic carbocycles. The van der Waals surface area contributed by atoms with Gasteiger partial charge in [-0.05, 0) is 14.1 Å². The number of Topliss-reactive ketones (excluding diaryl/α,β-unsaturated/α-hetero) is 1. The maximum absolute atomic E-state index is 14.3. The summed E-state index contributed by atoms with van der Waals surface area (Å²) < 4.78 is 10.3. The average molecular weight is 451 g/mol. The summed E-state index contributed by atoms with van der Waals surface area (Å²) in [5.41, 5.74) is 1.21. The molecule has 0 aromatic carbocycles. The van der Waals surface area contributed by atoms with Gasteiger partial charge in [-0.25, -0.2) is 9.97 Å². The third kappa shape index (κ3) is 2.62. The SMILES string of the molecule is COC(=O)C12CN(C)CC(C(=O)OC)(C1=O)C(c1cscn1)N(C)C2c1cscn1. The minimum Gasteiger partial charge on any atom is -0.468 e. The normalized spacial score (nSPS) is 32.1. The first kappa shape index (κ1) is 21.0. The van der Waals surface area contributed by atoms with Crippen LogP contribution in [0.1, 0.15) is 23.5 Å². The Bertz CT molecular complexity index is 891. The summed E-state index contributed by atoms with van der Waals surface area (Å²) in [7, 11) is 6.08. The second-order valence-corrected chi connectivity index (χ2v) is 9.16. The summed E-state index contributed by atoms with van der Waals surface area (Å²) in [6, 6.07) is -1.45. The second kappa shape index (κ2) is 7.49. The first-order valence-corrected chi connectivity index (χ1v) is 11.1. The number of methoxy groups -OCH3 is 2. The van der Waals surface area contributed by atoms with E-state index in [1.807, 2.05) is 20.6 Å². The van der Waals surface area contributed by atoms with Gasteiger partial charge in [0.2, 0.25) is 0 Å². The van der Waals surface area contributed by atoms with Crippen LogP contribution in [0.25, 0.3) is 0 Å². The van der Waals surface area contributed by atoms with Crippen molar-refractivity contribution in [3.8, 4) is 0 Å². The van der Waals surface area contributed by atoms with E-state index >= 15 is 0 Å². The fraction of sp³-hybridized carbons (Fsp3) is 0.526. The molecule has 160 valence electrons. The van der Waals surface area contributed by atoms with E-state index < -0.39 is 40.6 Å². The van der Waals surface area contributed by atoms with E-state index in [0.717, 1.165) is 0 Å². The topological polar surface area (TPSA) is 102 Å². The Balaban J connectivity index is 2.05. The molecule has 0 N–H and O–H groups in total. The van der Waals surface area contributed by atoms with Crippen molar-refractivity contribution in [2.75, 3.05) is 41.4 Å². The fourth-order valence-electron chi connectivity index (χ4n) is 5.25. The number of esters is 2. The van der Waals surface area contributed by atoms with E-state index in [0.29, 0.717) is 11.4 Å². The molecule has 4 rings (SSSR count). The molecule has 0 radical (unpaired) electrons.